The molecule has 3 heteroatoms. The van der Waals surface area contributed by atoms with Gasteiger partial charge in [0.1, 0.15) is 5.52 Å². The van der Waals surface area contributed by atoms with E-state index in [1.54, 1.807) is 0 Å². The van der Waals surface area contributed by atoms with Gasteiger partial charge in [0.15, 0.2) is 0 Å². The van der Waals surface area contributed by atoms with Gasteiger partial charge in [-0.2, -0.15) is 0 Å². The maximum Gasteiger partial charge on any atom is 0.306 e. The molecular weight excluding hydrogens is 184 g/mol. The predicted molar refractivity (Wildman–Crippen MR) is 37.2 cm³/mol. The van der Waals surface area contributed by atoms with Gasteiger partial charge in [-0.15, -0.1) is 0 Å². The fraction of sp³-hybridized carbons (Fsp3) is 0.833. The Bertz CT molecular complexity index is 110. The van der Waals surface area contributed by atoms with Crippen LogP contribution in [0.15, 0.2) is 0 Å². The number of rotatable bonds is 3. The zero-order valence-corrected chi connectivity index (χ0v) is 6.69. The molecule has 0 heterocycles. The number of hydrogen-bond acceptors (Lipinski definition) is 2. The van der Waals surface area contributed by atoms with E-state index in [0.29, 0.717) is 17.9 Å². The molecule has 0 bridgehead atoms. The normalized spacial score (nSPS) is 17.4. The summed E-state index contributed by atoms with van der Waals surface area (Å²) in [4.78, 5) is 10.6. The third kappa shape index (κ3) is 2.84. The molecular formula is C6H9BrO2. The van der Waals surface area contributed by atoms with Crippen LogP contribution in [0.25, 0.3) is 0 Å². The van der Waals surface area contributed by atoms with Crippen LogP contribution in [0.2, 0.25) is 0 Å². The highest BCUT2D eigenvalue weighted by atomic mass is 79.9. The van der Waals surface area contributed by atoms with Gasteiger partial charge < -0.3 is 4.74 Å². The fourth-order valence-corrected chi connectivity index (χ4v) is 0.933. The van der Waals surface area contributed by atoms with E-state index in [0.717, 1.165) is 0 Å². The first-order valence-electron chi connectivity index (χ1n) is 3.04. The van der Waals surface area contributed by atoms with Crippen molar-refractivity contribution in [1.82, 2.24) is 0 Å². The standard InChI is InChI=1S/C6H9BrO2/c7-4-9-6(8)3-5-1-2-5/h5H,1-4H2. The van der Waals surface area contributed by atoms with Gasteiger partial charge >= 0.3 is 5.97 Å². The SMILES string of the molecule is O=C(CC1CC1)OCBr. The van der Waals surface area contributed by atoms with Crippen molar-refractivity contribution < 1.29 is 9.53 Å². The summed E-state index contributed by atoms with van der Waals surface area (Å²) in [6.45, 7) is 0. The van der Waals surface area contributed by atoms with Gasteiger partial charge in [-0.25, -0.2) is 0 Å². The van der Waals surface area contributed by atoms with Crippen LogP contribution < -0.4 is 0 Å². The third-order valence-corrected chi connectivity index (χ3v) is 1.60. The fourth-order valence-electron chi connectivity index (χ4n) is 0.677. The maximum absolute atomic E-state index is 10.6. The van der Waals surface area contributed by atoms with E-state index in [1.807, 2.05) is 0 Å². The van der Waals surface area contributed by atoms with Crippen molar-refractivity contribution >= 4 is 21.9 Å². The highest BCUT2D eigenvalue weighted by Crippen LogP contribution is 2.32. The van der Waals surface area contributed by atoms with Gasteiger partial charge in [0.05, 0.1) is 0 Å². The summed E-state index contributed by atoms with van der Waals surface area (Å²) in [5.41, 5.74) is 0.332. The molecule has 1 aliphatic carbocycles. The average molecular weight is 193 g/mol. The number of halogens is 1. The first kappa shape index (κ1) is 7.06. The number of carbonyl (C=O) groups excluding carboxylic acids is 1. The largest absolute Gasteiger partial charge is 0.454 e. The lowest BCUT2D eigenvalue weighted by atomic mass is 10.3. The van der Waals surface area contributed by atoms with Gasteiger partial charge in [-0.3, -0.25) is 4.79 Å². The summed E-state index contributed by atoms with van der Waals surface area (Å²) in [6, 6.07) is 0. The summed E-state index contributed by atoms with van der Waals surface area (Å²) < 4.78 is 4.67. The Balaban J connectivity index is 2.02. The molecule has 0 aromatic carbocycles. The van der Waals surface area contributed by atoms with Crippen LogP contribution in [0.4, 0.5) is 0 Å². The van der Waals surface area contributed by atoms with Crippen molar-refractivity contribution in [3.8, 4) is 0 Å². The highest BCUT2D eigenvalue weighted by Gasteiger charge is 2.24. The predicted octanol–water partition coefficient (Wildman–Crippen LogP) is 1.68. The number of carbonyl (C=O) groups is 1. The van der Waals surface area contributed by atoms with Crippen molar-refractivity contribution in [2.45, 2.75) is 19.3 Å². The van der Waals surface area contributed by atoms with Crippen molar-refractivity contribution in [2.75, 3.05) is 5.52 Å². The molecule has 52 valence electrons. The molecule has 0 spiro atoms. The molecule has 1 aliphatic rings. The smallest absolute Gasteiger partial charge is 0.306 e. The highest BCUT2D eigenvalue weighted by molar-refractivity contribution is 9.09. The molecule has 0 atom stereocenters. The van der Waals surface area contributed by atoms with Crippen molar-refractivity contribution in [3.05, 3.63) is 0 Å². The summed E-state index contributed by atoms with van der Waals surface area (Å²) in [5.74, 6) is 0.561. The van der Waals surface area contributed by atoms with Gasteiger partial charge in [0.25, 0.3) is 0 Å². The Morgan fingerprint density at radius 1 is 1.67 bits per heavy atom. The van der Waals surface area contributed by atoms with Gasteiger partial charge in [-0.05, 0) is 34.7 Å². The topological polar surface area (TPSA) is 26.3 Å². The molecule has 0 aromatic rings. The first-order valence-corrected chi connectivity index (χ1v) is 4.16. The molecule has 0 amide bonds. The zero-order chi connectivity index (χ0) is 6.69. The molecule has 2 nitrogen and oxygen atoms in total. The van der Waals surface area contributed by atoms with Gasteiger partial charge in [-0.1, -0.05) is 0 Å². The zero-order valence-electron chi connectivity index (χ0n) is 5.10. The van der Waals surface area contributed by atoms with Crippen LogP contribution in [-0.4, -0.2) is 11.5 Å². The Morgan fingerprint density at radius 3 is 2.78 bits per heavy atom. The van der Waals surface area contributed by atoms with E-state index < -0.39 is 0 Å². The second-order valence-corrected chi connectivity index (χ2v) is 2.73. The molecule has 1 rings (SSSR count). The summed E-state index contributed by atoms with van der Waals surface area (Å²) in [5, 5.41) is 0. The lowest BCUT2D eigenvalue weighted by Crippen LogP contribution is -2.02. The van der Waals surface area contributed by atoms with Crippen LogP contribution in [-0.2, 0) is 9.53 Å². The lowest BCUT2D eigenvalue weighted by Gasteiger charge is -1.96. The monoisotopic (exact) mass is 192 g/mol. The first-order chi connectivity index (χ1) is 4.33. The van der Waals surface area contributed by atoms with E-state index in [2.05, 4.69) is 20.7 Å². The van der Waals surface area contributed by atoms with Gasteiger partial charge in [0.2, 0.25) is 0 Å². The van der Waals surface area contributed by atoms with Crippen molar-refractivity contribution in [2.24, 2.45) is 5.92 Å². The lowest BCUT2D eigenvalue weighted by molar-refractivity contribution is -0.141. The second kappa shape index (κ2) is 3.20. The Morgan fingerprint density at radius 2 is 2.33 bits per heavy atom. The minimum absolute atomic E-state index is 0.0747. The van der Waals surface area contributed by atoms with Crippen LogP contribution in [0.3, 0.4) is 0 Å². The number of ether oxygens (including phenoxy) is 1. The number of alkyl halides is 1. The molecule has 0 radical (unpaired) electrons. The van der Waals surface area contributed by atoms with Crippen molar-refractivity contribution in [1.29, 1.82) is 0 Å². The molecule has 1 saturated carbocycles. The average Bonchev–Trinajstić information content (AvgIpc) is 2.50. The molecule has 0 N–H and O–H groups in total. The summed E-state index contributed by atoms with van der Waals surface area (Å²) >= 11 is 3.02. The molecule has 0 aliphatic heterocycles. The molecule has 0 aromatic heterocycles. The minimum atomic E-state index is -0.0747. The Labute approximate surface area is 62.7 Å². The molecule has 1 fully saturated rings. The van der Waals surface area contributed by atoms with Gasteiger partial charge in [0, 0.05) is 6.42 Å². The second-order valence-electron chi connectivity index (χ2n) is 2.27. The van der Waals surface area contributed by atoms with Crippen molar-refractivity contribution in [3.63, 3.8) is 0 Å². The summed E-state index contributed by atoms with van der Waals surface area (Å²) in [7, 11) is 0. The summed E-state index contributed by atoms with van der Waals surface area (Å²) in [6.07, 6.45) is 3.03. The minimum Gasteiger partial charge on any atom is -0.454 e. The molecule has 9 heavy (non-hydrogen) atoms. The molecule has 0 unspecified atom stereocenters. The third-order valence-electron chi connectivity index (χ3n) is 1.37. The Hall–Kier alpha value is -0.0500. The van der Waals surface area contributed by atoms with E-state index in [9.17, 15) is 4.79 Å². The van der Waals surface area contributed by atoms with Crippen LogP contribution in [0.5, 0.6) is 0 Å². The van der Waals surface area contributed by atoms with E-state index in [4.69, 9.17) is 0 Å². The van der Waals surface area contributed by atoms with E-state index in [-0.39, 0.29) is 5.97 Å². The number of esters is 1. The molecule has 0 saturated heterocycles. The number of hydrogen-bond donors (Lipinski definition) is 0. The van der Waals surface area contributed by atoms with Crippen LogP contribution in [0.1, 0.15) is 19.3 Å². The quantitative estimate of drug-likeness (QED) is 0.503. The van der Waals surface area contributed by atoms with Crippen LogP contribution >= 0.6 is 15.9 Å². The Kier molecular flexibility index (Phi) is 2.51. The maximum atomic E-state index is 10.6. The van der Waals surface area contributed by atoms with Crippen LogP contribution in [0, 0.1) is 5.92 Å². The van der Waals surface area contributed by atoms with E-state index >= 15 is 0 Å². The van der Waals surface area contributed by atoms with E-state index in [1.165, 1.54) is 12.8 Å².